The van der Waals surface area contributed by atoms with Crippen molar-refractivity contribution in [1.29, 1.82) is 5.26 Å². The predicted molar refractivity (Wildman–Crippen MR) is 85.7 cm³/mol. The molecule has 1 unspecified atom stereocenters. The second kappa shape index (κ2) is 5.71. The number of nitrogens with zero attached hydrogens (tertiary/aromatic N) is 2. The average molecular weight is 312 g/mol. The molecule has 0 aliphatic carbocycles. The van der Waals surface area contributed by atoms with E-state index in [0.29, 0.717) is 11.5 Å². The monoisotopic (exact) mass is 312 g/mol. The Kier molecular flexibility index (Phi) is 3.87. The fourth-order valence-corrected chi connectivity index (χ4v) is 3.46. The molecule has 1 saturated heterocycles. The van der Waals surface area contributed by atoms with Gasteiger partial charge in [0.2, 0.25) is 0 Å². The topological polar surface area (TPSA) is 74.7 Å². The Morgan fingerprint density at radius 3 is 2.91 bits per heavy atom. The Labute approximate surface area is 135 Å². The van der Waals surface area contributed by atoms with Gasteiger partial charge in [0.25, 0.3) is 0 Å². The van der Waals surface area contributed by atoms with Crippen LogP contribution in [-0.2, 0) is 11.2 Å². The van der Waals surface area contributed by atoms with Gasteiger partial charge in [-0.15, -0.1) is 0 Å². The fourth-order valence-electron chi connectivity index (χ4n) is 3.46. The van der Waals surface area contributed by atoms with Crippen molar-refractivity contribution in [3.8, 4) is 6.07 Å². The van der Waals surface area contributed by atoms with Crippen molar-refractivity contribution in [3.05, 3.63) is 41.2 Å². The van der Waals surface area contributed by atoms with Crippen molar-refractivity contribution in [2.24, 2.45) is 0 Å². The van der Waals surface area contributed by atoms with E-state index in [2.05, 4.69) is 19.9 Å². The van der Waals surface area contributed by atoms with E-state index in [1.54, 1.807) is 6.20 Å². The number of ether oxygens (including phenoxy) is 1. The summed E-state index contributed by atoms with van der Waals surface area (Å²) in [5.41, 5.74) is 2.63. The zero-order valence-electron chi connectivity index (χ0n) is 13.4. The van der Waals surface area contributed by atoms with Gasteiger partial charge in [0, 0.05) is 24.6 Å². The minimum absolute atomic E-state index is 0.0990. The number of pyridine rings is 1. The van der Waals surface area contributed by atoms with E-state index in [1.165, 1.54) is 5.56 Å². The van der Waals surface area contributed by atoms with E-state index in [4.69, 9.17) is 10.00 Å². The van der Waals surface area contributed by atoms with Crippen molar-refractivity contribution in [2.45, 2.75) is 44.6 Å². The molecular formula is C18H20N2O3. The molecule has 3 heterocycles. The van der Waals surface area contributed by atoms with Crippen LogP contribution in [0.1, 0.15) is 54.1 Å². The van der Waals surface area contributed by atoms with Crippen LogP contribution in [0.2, 0.25) is 0 Å². The van der Waals surface area contributed by atoms with Crippen molar-refractivity contribution >= 4 is 11.5 Å². The summed E-state index contributed by atoms with van der Waals surface area (Å²) in [7, 11) is 0. The van der Waals surface area contributed by atoms with Gasteiger partial charge in [0.15, 0.2) is 0 Å². The highest BCUT2D eigenvalue weighted by Gasteiger charge is 2.30. The zero-order chi connectivity index (χ0) is 16.6. The molecule has 1 aliphatic rings. The first-order valence-corrected chi connectivity index (χ1v) is 7.79. The molecule has 1 fully saturated rings. The van der Waals surface area contributed by atoms with Gasteiger partial charge in [-0.3, -0.25) is 0 Å². The lowest BCUT2D eigenvalue weighted by molar-refractivity contribution is -0.0593. The summed E-state index contributed by atoms with van der Waals surface area (Å²) in [4.78, 5) is 11.4. The van der Waals surface area contributed by atoms with E-state index in [9.17, 15) is 9.90 Å². The van der Waals surface area contributed by atoms with Crippen LogP contribution in [0.5, 0.6) is 0 Å². The van der Waals surface area contributed by atoms with E-state index >= 15 is 0 Å². The molecule has 2 aromatic rings. The number of aromatic carboxylic acids is 1. The molecule has 0 amide bonds. The number of nitriles is 1. The van der Waals surface area contributed by atoms with Crippen molar-refractivity contribution in [2.75, 3.05) is 6.61 Å². The Morgan fingerprint density at radius 2 is 2.26 bits per heavy atom. The van der Waals surface area contributed by atoms with Crippen LogP contribution in [0.15, 0.2) is 24.5 Å². The summed E-state index contributed by atoms with van der Waals surface area (Å²) in [5.74, 6) is -0.592. The van der Waals surface area contributed by atoms with E-state index in [-0.39, 0.29) is 17.6 Å². The normalized spacial score (nSPS) is 20.3. The molecule has 1 aliphatic heterocycles. The van der Waals surface area contributed by atoms with Gasteiger partial charge < -0.3 is 14.2 Å². The van der Waals surface area contributed by atoms with E-state index in [1.807, 2.05) is 22.7 Å². The minimum atomic E-state index is -0.993. The first-order chi connectivity index (χ1) is 10.9. The largest absolute Gasteiger partial charge is 0.478 e. The van der Waals surface area contributed by atoms with Crippen molar-refractivity contribution in [1.82, 2.24) is 4.40 Å². The number of aromatic nitrogens is 1. The lowest BCUT2D eigenvalue weighted by Crippen LogP contribution is -2.33. The van der Waals surface area contributed by atoms with Crippen LogP contribution < -0.4 is 0 Å². The quantitative estimate of drug-likeness (QED) is 0.943. The Balaban J connectivity index is 2.03. The standard InChI is InChI=1S/C18H20N2O3/c1-18(2)9-12(6-8-23-18)13-3-4-16-14(5-7-19)15(17(21)22)11-20(16)10-13/h3-4,10-12H,5-6,8-9H2,1-2H3,(H,21,22). The highest BCUT2D eigenvalue weighted by Crippen LogP contribution is 2.36. The predicted octanol–water partition coefficient (Wildman–Crippen LogP) is 3.38. The Hall–Kier alpha value is -2.32. The van der Waals surface area contributed by atoms with Gasteiger partial charge in [-0.25, -0.2) is 4.79 Å². The third kappa shape index (κ3) is 2.95. The van der Waals surface area contributed by atoms with E-state index < -0.39 is 5.97 Å². The number of carbonyl (C=O) groups is 1. The molecular weight excluding hydrogens is 292 g/mol. The molecule has 23 heavy (non-hydrogen) atoms. The number of fused-ring (bicyclic) bond motifs is 1. The van der Waals surface area contributed by atoms with Crippen LogP contribution >= 0.6 is 0 Å². The smallest absolute Gasteiger partial charge is 0.337 e. The molecule has 0 spiro atoms. The molecule has 1 N–H and O–H groups in total. The summed E-state index contributed by atoms with van der Waals surface area (Å²) in [6.45, 7) is 4.93. The molecule has 5 nitrogen and oxygen atoms in total. The van der Waals surface area contributed by atoms with Crippen LogP contribution in [0.25, 0.3) is 5.52 Å². The summed E-state index contributed by atoms with van der Waals surface area (Å²) >= 11 is 0. The SMILES string of the molecule is CC1(C)CC(c2ccc3c(CC#N)c(C(=O)O)cn3c2)CCO1. The first-order valence-electron chi connectivity index (χ1n) is 7.79. The molecule has 1 atom stereocenters. The van der Waals surface area contributed by atoms with Gasteiger partial charge in [-0.2, -0.15) is 5.26 Å². The highest BCUT2D eigenvalue weighted by atomic mass is 16.5. The third-order valence-corrected chi connectivity index (χ3v) is 4.56. The van der Waals surface area contributed by atoms with Gasteiger partial charge >= 0.3 is 5.97 Å². The number of rotatable bonds is 3. The fraction of sp³-hybridized carbons (Fsp3) is 0.444. The number of hydrogen-bond acceptors (Lipinski definition) is 3. The number of carboxylic acid groups (broad SMARTS) is 1. The zero-order valence-corrected chi connectivity index (χ0v) is 13.4. The molecule has 3 rings (SSSR count). The van der Waals surface area contributed by atoms with Crippen LogP contribution in [0.4, 0.5) is 0 Å². The first kappa shape index (κ1) is 15.6. The summed E-state index contributed by atoms with van der Waals surface area (Å²) in [5, 5.41) is 18.3. The molecule has 0 saturated carbocycles. The molecule has 0 bridgehead atoms. The minimum Gasteiger partial charge on any atom is -0.478 e. The van der Waals surface area contributed by atoms with Crippen molar-refractivity contribution in [3.63, 3.8) is 0 Å². The van der Waals surface area contributed by atoms with Crippen LogP contribution in [-0.4, -0.2) is 27.7 Å². The summed E-state index contributed by atoms with van der Waals surface area (Å²) in [6.07, 6.45) is 5.61. The van der Waals surface area contributed by atoms with Crippen LogP contribution in [0.3, 0.4) is 0 Å². The van der Waals surface area contributed by atoms with Gasteiger partial charge in [-0.05, 0) is 44.2 Å². The second-order valence-electron chi connectivity index (χ2n) is 6.71. The molecule has 0 radical (unpaired) electrons. The average Bonchev–Trinajstić information content (AvgIpc) is 2.85. The lowest BCUT2D eigenvalue weighted by Gasteiger charge is -2.35. The van der Waals surface area contributed by atoms with Gasteiger partial charge in [0.1, 0.15) is 0 Å². The molecule has 0 aromatic carbocycles. The van der Waals surface area contributed by atoms with Crippen molar-refractivity contribution < 1.29 is 14.6 Å². The molecule has 2 aromatic heterocycles. The number of hydrogen-bond donors (Lipinski definition) is 1. The summed E-state index contributed by atoms with van der Waals surface area (Å²) in [6, 6.07) is 6.03. The lowest BCUT2D eigenvalue weighted by atomic mass is 9.84. The van der Waals surface area contributed by atoms with Crippen LogP contribution in [0, 0.1) is 11.3 Å². The Bertz CT molecular complexity index is 798. The second-order valence-corrected chi connectivity index (χ2v) is 6.71. The van der Waals surface area contributed by atoms with Gasteiger partial charge in [0.05, 0.1) is 29.2 Å². The Morgan fingerprint density at radius 1 is 1.48 bits per heavy atom. The maximum Gasteiger partial charge on any atom is 0.337 e. The number of carboxylic acids is 1. The summed E-state index contributed by atoms with van der Waals surface area (Å²) < 4.78 is 7.61. The maximum absolute atomic E-state index is 11.4. The molecule has 120 valence electrons. The maximum atomic E-state index is 11.4. The molecule has 5 heteroatoms. The van der Waals surface area contributed by atoms with Gasteiger partial charge in [-0.1, -0.05) is 6.07 Å². The van der Waals surface area contributed by atoms with E-state index in [0.717, 1.165) is 25.0 Å². The highest BCUT2D eigenvalue weighted by molar-refractivity contribution is 5.92. The third-order valence-electron chi connectivity index (χ3n) is 4.56.